The van der Waals surface area contributed by atoms with E-state index in [2.05, 4.69) is 23.1 Å². The molecule has 2 unspecified atom stereocenters. The largest absolute Gasteiger partial charge is 0.326 e. The molecule has 0 radical (unpaired) electrons. The maximum absolute atomic E-state index is 11.3. The molecule has 1 aromatic heterocycles. The third-order valence-electron chi connectivity index (χ3n) is 3.51. The lowest BCUT2D eigenvalue weighted by atomic mass is 9.90. The Labute approximate surface area is 108 Å². The van der Waals surface area contributed by atoms with E-state index in [-0.39, 0.29) is 17.6 Å². The highest BCUT2D eigenvalue weighted by atomic mass is 16.1. The molecule has 2 atom stereocenters. The summed E-state index contributed by atoms with van der Waals surface area (Å²) < 4.78 is 0. The molecule has 2 rings (SSSR count). The van der Waals surface area contributed by atoms with Gasteiger partial charge in [-0.05, 0) is 31.2 Å². The quantitative estimate of drug-likeness (QED) is 0.797. The van der Waals surface area contributed by atoms with Crippen molar-refractivity contribution in [1.29, 1.82) is 0 Å². The molecule has 0 spiro atoms. The van der Waals surface area contributed by atoms with Crippen molar-refractivity contribution in [2.45, 2.75) is 51.1 Å². The average Bonchev–Trinajstić information content (AvgIpc) is 2.38. The van der Waals surface area contributed by atoms with Crippen LogP contribution in [0.15, 0.2) is 16.9 Å². The van der Waals surface area contributed by atoms with E-state index in [4.69, 9.17) is 6.42 Å². The molecule has 0 saturated carbocycles. The minimum absolute atomic E-state index is 0.0172. The van der Waals surface area contributed by atoms with Gasteiger partial charge in [0, 0.05) is 17.8 Å². The summed E-state index contributed by atoms with van der Waals surface area (Å²) in [7, 11) is 0. The van der Waals surface area contributed by atoms with Gasteiger partial charge in [-0.2, -0.15) is 0 Å². The molecule has 1 aromatic rings. The summed E-state index contributed by atoms with van der Waals surface area (Å²) in [4.78, 5) is 14.3. The topological polar surface area (TPSA) is 44.9 Å². The van der Waals surface area contributed by atoms with Crippen LogP contribution in [-0.2, 0) is 6.42 Å². The SMILES string of the molecule is C#CC(CCC)NC1CCCc2[nH]c(=O)ccc21. The predicted molar refractivity (Wildman–Crippen MR) is 73.4 cm³/mol. The van der Waals surface area contributed by atoms with Gasteiger partial charge in [0.25, 0.3) is 0 Å². The van der Waals surface area contributed by atoms with E-state index in [0.29, 0.717) is 0 Å². The number of fused-ring (bicyclic) bond motifs is 1. The van der Waals surface area contributed by atoms with Crippen molar-refractivity contribution in [1.82, 2.24) is 10.3 Å². The third-order valence-corrected chi connectivity index (χ3v) is 3.51. The van der Waals surface area contributed by atoms with Gasteiger partial charge in [-0.25, -0.2) is 0 Å². The first-order valence-electron chi connectivity index (χ1n) is 6.69. The molecule has 0 amide bonds. The number of nitrogens with one attached hydrogen (secondary N) is 2. The normalized spacial score (nSPS) is 19.9. The van der Waals surface area contributed by atoms with Crippen LogP contribution in [0.5, 0.6) is 0 Å². The molecule has 0 aromatic carbocycles. The highest BCUT2D eigenvalue weighted by molar-refractivity contribution is 5.26. The first-order chi connectivity index (χ1) is 8.74. The second-order valence-electron chi connectivity index (χ2n) is 4.88. The molecule has 0 aliphatic heterocycles. The minimum atomic E-state index is -0.0172. The van der Waals surface area contributed by atoms with Crippen molar-refractivity contribution in [3.05, 3.63) is 33.7 Å². The Bertz CT molecular complexity index is 498. The van der Waals surface area contributed by atoms with E-state index in [1.807, 2.05) is 6.07 Å². The first kappa shape index (κ1) is 12.9. The van der Waals surface area contributed by atoms with Crippen LogP contribution in [0.4, 0.5) is 0 Å². The van der Waals surface area contributed by atoms with Crippen LogP contribution >= 0.6 is 0 Å². The van der Waals surface area contributed by atoms with Crippen molar-refractivity contribution < 1.29 is 0 Å². The van der Waals surface area contributed by atoms with Crippen molar-refractivity contribution in [2.75, 3.05) is 0 Å². The summed E-state index contributed by atoms with van der Waals surface area (Å²) in [6.45, 7) is 2.14. The summed E-state index contributed by atoms with van der Waals surface area (Å²) >= 11 is 0. The Morgan fingerprint density at radius 1 is 1.61 bits per heavy atom. The number of aromatic amines is 1. The summed E-state index contributed by atoms with van der Waals surface area (Å²) in [6.07, 6.45) is 10.8. The van der Waals surface area contributed by atoms with E-state index in [9.17, 15) is 4.79 Å². The number of terminal acetylenes is 1. The van der Waals surface area contributed by atoms with Gasteiger partial charge in [-0.3, -0.25) is 10.1 Å². The summed E-state index contributed by atoms with van der Waals surface area (Å²) in [6, 6.07) is 3.93. The molecule has 18 heavy (non-hydrogen) atoms. The van der Waals surface area contributed by atoms with Gasteiger partial charge in [-0.15, -0.1) is 6.42 Å². The van der Waals surface area contributed by atoms with Gasteiger partial charge in [0.2, 0.25) is 5.56 Å². The lowest BCUT2D eigenvalue weighted by Gasteiger charge is -2.28. The van der Waals surface area contributed by atoms with E-state index in [0.717, 1.165) is 37.8 Å². The van der Waals surface area contributed by atoms with E-state index < -0.39 is 0 Å². The van der Waals surface area contributed by atoms with E-state index >= 15 is 0 Å². The highest BCUT2D eigenvalue weighted by Gasteiger charge is 2.22. The Hall–Kier alpha value is -1.53. The standard InChI is InChI=1S/C15H20N2O/c1-3-6-11(4-2)16-13-7-5-8-14-12(13)9-10-15(18)17-14/h2,9-11,13,16H,3,5-8H2,1H3,(H,17,18). The Morgan fingerprint density at radius 3 is 3.17 bits per heavy atom. The maximum atomic E-state index is 11.3. The molecular formula is C15H20N2O. The Balaban J connectivity index is 2.17. The molecule has 1 heterocycles. The van der Waals surface area contributed by atoms with Gasteiger partial charge in [0.1, 0.15) is 0 Å². The number of pyridine rings is 1. The summed E-state index contributed by atoms with van der Waals surface area (Å²) in [5, 5.41) is 3.52. The van der Waals surface area contributed by atoms with Gasteiger partial charge in [0.05, 0.1) is 6.04 Å². The van der Waals surface area contributed by atoms with Crippen LogP contribution < -0.4 is 10.9 Å². The molecule has 0 saturated heterocycles. The lowest BCUT2D eigenvalue weighted by Crippen LogP contribution is -2.34. The van der Waals surface area contributed by atoms with Crippen molar-refractivity contribution in [3.8, 4) is 12.3 Å². The van der Waals surface area contributed by atoms with E-state index in [1.165, 1.54) is 5.56 Å². The third kappa shape index (κ3) is 2.83. The molecule has 1 aliphatic carbocycles. The molecule has 3 heteroatoms. The van der Waals surface area contributed by atoms with Crippen molar-refractivity contribution in [3.63, 3.8) is 0 Å². The number of rotatable bonds is 4. The number of hydrogen-bond acceptors (Lipinski definition) is 2. The highest BCUT2D eigenvalue weighted by Crippen LogP contribution is 2.28. The zero-order valence-electron chi connectivity index (χ0n) is 10.8. The molecule has 2 N–H and O–H groups in total. The van der Waals surface area contributed by atoms with Gasteiger partial charge >= 0.3 is 0 Å². The lowest BCUT2D eigenvalue weighted by molar-refractivity contribution is 0.416. The molecule has 3 nitrogen and oxygen atoms in total. The summed E-state index contributed by atoms with van der Waals surface area (Å²) in [5.74, 6) is 2.81. The smallest absolute Gasteiger partial charge is 0.248 e. The molecule has 0 bridgehead atoms. The second kappa shape index (κ2) is 5.88. The van der Waals surface area contributed by atoms with Gasteiger partial charge < -0.3 is 4.98 Å². The van der Waals surface area contributed by atoms with Crippen LogP contribution in [0, 0.1) is 12.3 Å². The second-order valence-corrected chi connectivity index (χ2v) is 4.88. The predicted octanol–water partition coefficient (Wildman–Crippen LogP) is 2.14. The fraction of sp³-hybridized carbons (Fsp3) is 0.533. The summed E-state index contributed by atoms with van der Waals surface area (Å²) in [5.41, 5.74) is 2.26. The van der Waals surface area contributed by atoms with Crippen molar-refractivity contribution in [2.24, 2.45) is 0 Å². The fourth-order valence-corrected chi connectivity index (χ4v) is 2.62. The average molecular weight is 244 g/mol. The molecule has 0 fully saturated rings. The van der Waals surface area contributed by atoms with Crippen molar-refractivity contribution >= 4 is 0 Å². The Kier molecular flexibility index (Phi) is 4.22. The van der Waals surface area contributed by atoms with Crippen LogP contribution in [0.3, 0.4) is 0 Å². The molecule has 96 valence electrons. The van der Waals surface area contributed by atoms with E-state index in [1.54, 1.807) is 6.07 Å². The number of hydrogen-bond donors (Lipinski definition) is 2. The van der Waals surface area contributed by atoms with Crippen LogP contribution in [0.1, 0.15) is 49.9 Å². The molecular weight excluding hydrogens is 224 g/mol. The first-order valence-corrected chi connectivity index (χ1v) is 6.69. The monoisotopic (exact) mass is 244 g/mol. The molecule has 1 aliphatic rings. The Morgan fingerprint density at radius 2 is 2.44 bits per heavy atom. The number of H-pyrrole nitrogens is 1. The van der Waals surface area contributed by atoms with Gasteiger partial charge in [0.15, 0.2) is 0 Å². The van der Waals surface area contributed by atoms with Crippen LogP contribution in [-0.4, -0.2) is 11.0 Å². The fourth-order valence-electron chi connectivity index (χ4n) is 2.62. The van der Waals surface area contributed by atoms with Crippen LogP contribution in [0.25, 0.3) is 0 Å². The minimum Gasteiger partial charge on any atom is -0.326 e. The van der Waals surface area contributed by atoms with Gasteiger partial charge in [-0.1, -0.05) is 25.3 Å². The zero-order valence-corrected chi connectivity index (χ0v) is 10.8. The zero-order chi connectivity index (χ0) is 13.0. The van der Waals surface area contributed by atoms with Crippen LogP contribution in [0.2, 0.25) is 0 Å². The number of aryl methyl sites for hydroxylation is 1. The number of aromatic nitrogens is 1. The maximum Gasteiger partial charge on any atom is 0.248 e.